The molecule has 1 heterocycles. The highest BCUT2D eigenvalue weighted by atomic mass is 35.5. The minimum atomic E-state index is -0.526. The monoisotopic (exact) mass is 309 g/mol. The van der Waals surface area contributed by atoms with Crippen molar-refractivity contribution in [3.05, 3.63) is 34.9 Å². The van der Waals surface area contributed by atoms with E-state index in [2.05, 4.69) is 0 Å². The molecule has 1 aliphatic rings. The normalized spacial score (nSPS) is 19.8. The van der Waals surface area contributed by atoms with Crippen LogP contribution in [0.3, 0.4) is 0 Å². The third kappa shape index (κ3) is 3.56. The summed E-state index contributed by atoms with van der Waals surface area (Å²) < 4.78 is 5.03. The Hall–Kier alpha value is -1.55. The third-order valence-corrected chi connectivity index (χ3v) is 4.04. The van der Waals surface area contributed by atoms with E-state index in [-0.39, 0.29) is 30.4 Å². The zero-order valence-corrected chi connectivity index (χ0v) is 13.3. The lowest BCUT2D eigenvalue weighted by Gasteiger charge is -2.25. The number of rotatable bonds is 4. The molecule has 5 heteroatoms. The molecule has 0 saturated carbocycles. The van der Waals surface area contributed by atoms with Crippen molar-refractivity contribution in [3.8, 4) is 0 Å². The highest BCUT2D eigenvalue weighted by molar-refractivity contribution is 6.30. The SMILES string of the molecule is CC(C)C1COC(=O)N1C(=O)[C@@H](C)Cc1ccc(Cl)cc1. The summed E-state index contributed by atoms with van der Waals surface area (Å²) in [7, 11) is 0. The molecular weight excluding hydrogens is 290 g/mol. The molecule has 0 bridgehead atoms. The number of benzene rings is 1. The highest BCUT2D eigenvalue weighted by Gasteiger charge is 2.40. The van der Waals surface area contributed by atoms with Crippen LogP contribution in [-0.4, -0.2) is 29.5 Å². The van der Waals surface area contributed by atoms with Crippen molar-refractivity contribution in [1.29, 1.82) is 0 Å². The van der Waals surface area contributed by atoms with E-state index in [4.69, 9.17) is 16.3 Å². The van der Waals surface area contributed by atoms with Gasteiger partial charge in [0, 0.05) is 10.9 Å². The van der Waals surface area contributed by atoms with Crippen molar-refractivity contribution in [2.45, 2.75) is 33.2 Å². The second kappa shape index (κ2) is 6.48. The van der Waals surface area contributed by atoms with Crippen molar-refractivity contribution < 1.29 is 14.3 Å². The van der Waals surface area contributed by atoms with Crippen molar-refractivity contribution in [2.24, 2.45) is 11.8 Å². The maximum absolute atomic E-state index is 12.5. The summed E-state index contributed by atoms with van der Waals surface area (Å²) in [5.41, 5.74) is 1.02. The van der Waals surface area contributed by atoms with Crippen LogP contribution in [0.5, 0.6) is 0 Å². The Morgan fingerprint density at radius 3 is 2.52 bits per heavy atom. The predicted molar refractivity (Wildman–Crippen MR) is 81.1 cm³/mol. The van der Waals surface area contributed by atoms with E-state index in [9.17, 15) is 9.59 Å². The van der Waals surface area contributed by atoms with Crippen LogP contribution < -0.4 is 0 Å². The van der Waals surface area contributed by atoms with Gasteiger partial charge in [0.1, 0.15) is 6.61 Å². The van der Waals surface area contributed by atoms with Crippen LogP contribution in [0.1, 0.15) is 26.3 Å². The van der Waals surface area contributed by atoms with E-state index >= 15 is 0 Å². The summed E-state index contributed by atoms with van der Waals surface area (Å²) >= 11 is 5.85. The van der Waals surface area contributed by atoms with Crippen molar-refractivity contribution in [2.75, 3.05) is 6.61 Å². The lowest BCUT2D eigenvalue weighted by atomic mass is 9.97. The van der Waals surface area contributed by atoms with E-state index in [1.807, 2.05) is 32.9 Å². The average molecular weight is 310 g/mol. The summed E-state index contributed by atoms with van der Waals surface area (Å²) in [6.07, 6.45) is 0.0478. The number of amides is 2. The fourth-order valence-corrected chi connectivity index (χ4v) is 2.60. The van der Waals surface area contributed by atoms with Gasteiger partial charge in [0.05, 0.1) is 6.04 Å². The molecule has 0 aromatic heterocycles. The van der Waals surface area contributed by atoms with Gasteiger partial charge in [-0.05, 0) is 30.0 Å². The Balaban J connectivity index is 2.07. The molecule has 0 N–H and O–H groups in total. The van der Waals surface area contributed by atoms with Crippen LogP contribution in [0.15, 0.2) is 24.3 Å². The Morgan fingerprint density at radius 1 is 1.33 bits per heavy atom. The van der Waals surface area contributed by atoms with E-state index in [1.54, 1.807) is 12.1 Å². The maximum atomic E-state index is 12.5. The molecule has 0 spiro atoms. The van der Waals surface area contributed by atoms with Gasteiger partial charge < -0.3 is 4.74 Å². The van der Waals surface area contributed by atoms with Gasteiger partial charge in [-0.1, -0.05) is 44.5 Å². The molecule has 2 rings (SSSR count). The first-order chi connectivity index (χ1) is 9.90. The number of carbonyl (C=O) groups excluding carboxylic acids is 2. The molecule has 4 nitrogen and oxygen atoms in total. The number of halogens is 1. The minimum absolute atomic E-state index is 0.169. The van der Waals surface area contributed by atoms with Crippen molar-refractivity contribution in [1.82, 2.24) is 4.90 Å². The van der Waals surface area contributed by atoms with Crippen LogP contribution in [0.25, 0.3) is 0 Å². The largest absolute Gasteiger partial charge is 0.447 e. The van der Waals surface area contributed by atoms with E-state index in [0.717, 1.165) is 5.56 Å². The molecular formula is C16H20ClNO3. The van der Waals surface area contributed by atoms with Crippen LogP contribution >= 0.6 is 11.6 Å². The number of cyclic esters (lactones) is 1. The zero-order valence-electron chi connectivity index (χ0n) is 12.5. The van der Waals surface area contributed by atoms with E-state index < -0.39 is 6.09 Å². The molecule has 0 aliphatic carbocycles. The summed E-state index contributed by atoms with van der Waals surface area (Å²) in [6.45, 7) is 6.09. The van der Waals surface area contributed by atoms with E-state index in [0.29, 0.717) is 11.4 Å². The standard InChI is InChI=1S/C16H20ClNO3/c1-10(2)14-9-21-16(20)18(14)15(19)11(3)8-12-4-6-13(17)7-5-12/h4-7,10-11,14H,8-9H2,1-3H3/t11-,14?/m0/s1. The van der Waals surface area contributed by atoms with Gasteiger partial charge in [0.25, 0.3) is 0 Å². The second-order valence-electron chi connectivity index (χ2n) is 5.83. The van der Waals surface area contributed by atoms with Crippen LogP contribution in [0.2, 0.25) is 5.02 Å². The smallest absolute Gasteiger partial charge is 0.416 e. The molecule has 1 saturated heterocycles. The van der Waals surface area contributed by atoms with Gasteiger partial charge >= 0.3 is 6.09 Å². The first-order valence-corrected chi connectivity index (χ1v) is 7.52. The molecule has 114 valence electrons. The quantitative estimate of drug-likeness (QED) is 0.855. The summed E-state index contributed by atoms with van der Waals surface area (Å²) in [6, 6.07) is 7.23. The molecule has 1 aromatic rings. The lowest BCUT2D eigenvalue weighted by Crippen LogP contribution is -2.44. The highest BCUT2D eigenvalue weighted by Crippen LogP contribution is 2.23. The van der Waals surface area contributed by atoms with Gasteiger partial charge in [-0.25, -0.2) is 9.69 Å². The molecule has 1 unspecified atom stereocenters. The Kier molecular flexibility index (Phi) is 4.88. The predicted octanol–water partition coefficient (Wildman–Crippen LogP) is 3.52. The van der Waals surface area contributed by atoms with Crippen molar-refractivity contribution >= 4 is 23.6 Å². The maximum Gasteiger partial charge on any atom is 0.416 e. The lowest BCUT2D eigenvalue weighted by molar-refractivity contribution is -0.133. The first-order valence-electron chi connectivity index (χ1n) is 7.14. The zero-order chi connectivity index (χ0) is 15.6. The van der Waals surface area contributed by atoms with Gasteiger partial charge in [-0.3, -0.25) is 4.79 Å². The van der Waals surface area contributed by atoms with Crippen LogP contribution in [-0.2, 0) is 16.0 Å². The average Bonchev–Trinajstić information content (AvgIpc) is 2.82. The van der Waals surface area contributed by atoms with Crippen LogP contribution in [0.4, 0.5) is 4.79 Å². The second-order valence-corrected chi connectivity index (χ2v) is 6.26. The molecule has 1 fully saturated rings. The molecule has 21 heavy (non-hydrogen) atoms. The summed E-state index contributed by atoms with van der Waals surface area (Å²) in [4.78, 5) is 25.6. The number of imide groups is 1. The first kappa shape index (κ1) is 15.8. The van der Waals surface area contributed by atoms with Gasteiger partial charge in [-0.15, -0.1) is 0 Å². The topological polar surface area (TPSA) is 46.6 Å². The van der Waals surface area contributed by atoms with Gasteiger partial charge in [0.2, 0.25) is 5.91 Å². The van der Waals surface area contributed by atoms with Crippen LogP contribution in [0, 0.1) is 11.8 Å². The molecule has 1 aromatic carbocycles. The summed E-state index contributed by atoms with van der Waals surface area (Å²) in [5.74, 6) is -0.271. The molecule has 2 atom stereocenters. The number of ether oxygens (including phenoxy) is 1. The molecule has 2 amide bonds. The Bertz CT molecular complexity index is 527. The third-order valence-electron chi connectivity index (χ3n) is 3.79. The number of nitrogens with zero attached hydrogens (tertiary/aromatic N) is 1. The summed E-state index contributed by atoms with van der Waals surface area (Å²) in [5, 5.41) is 0.667. The molecule has 0 radical (unpaired) electrons. The number of carbonyl (C=O) groups is 2. The number of hydrogen-bond donors (Lipinski definition) is 0. The fourth-order valence-electron chi connectivity index (χ4n) is 2.48. The Morgan fingerprint density at radius 2 is 1.95 bits per heavy atom. The van der Waals surface area contributed by atoms with Gasteiger partial charge in [0.15, 0.2) is 0 Å². The Labute approximate surface area is 130 Å². The van der Waals surface area contributed by atoms with Crippen molar-refractivity contribution in [3.63, 3.8) is 0 Å². The fraction of sp³-hybridized carbons (Fsp3) is 0.500. The molecule has 1 aliphatic heterocycles. The minimum Gasteiger partial charge on any atom is -0.447 e. The van der Waals surface area contributed by atoms with E-state index in [1.165, 1.54) is 4.90 Å². The van der Waals surface area contributed by atoms with Gasteiger partial charge in [-0.2, -0.15) is 0 Å². The number of hydrogen-bond acceptors (Lipinski definition) is 3.